The SMILES string of the molecule is O=P([O-])([O-])C(Br)P(=O)([O-])[O-].O=P([O-])([O-])C(Br)P(=O)([O-])[O-].O=P([O-])([O-])C(Br)P(=O)([O-])[O-].[Fe+3].[Fe+3].[Fe+3].[Fe+3]. The molecule has 18 nitrogen and oxygen atoms in total. The van der Waals surface area contributed by atoms with Crippen molar-refractivity contribution in [3.8, 4) is 0 Å². The normalized spacial score (nSPS) is 12.5. The molecule has 0 unspecified atom stereocenters. The Labute approximate surface area is 258 Å². The van der Waals surface area contributed by atoms with Crippen LogP contribution in [-0.2, 0) is 95.7 Å². The molecule has 0 rings (SSSR count). The molecular formula is C3H3Br3Fe4O18P6. The summed E-state index contributed by atoms with van der Waals surface area (Å²) in [6.07, 6.45) is 0. The molecule has 0 N–H and O–H groups in total. The van der Waals surface area contributed by atoms with Crippen molar-refractivity contribution in [2.75, 3.05) is 0 Å². The third-order valence-electron chi connectivity index (χ3n) is 1.57. The van der Waals surface area contributed by atoms with E-state index in [2.05, 4.69) is 0 Å². The second-order valence-electron chi connectivity index (χ2n) is 4.17. The van der Waals surface area contributed by atoms with E-state index in [4.69, 9.17) is 0 Å². The molecule has 0 heterocycles. The first-order valence-corrected chi connectivity index (χ1v) is 17.9. The number of hydrogen-bond acceptors (Lipinski definition) is 18. The van der Waals surface area contributed by atoms with Crippen molar-refractivity contribution in [1.82, 2.24) is 0 Å². The molecule has 0 aliphatic heterocycles. The second kappa shape index (κ2) is 20.3. The molecule has 0 aromatic heterocycles. The Morgan fingerprint density at radius 3 is 0.382 bits per heavy atom. The maximum Gasteiger partial charge on any atom is 3.00 e. The van der Waals surface area contributed by atoms with Gasteiger partial charge >= 0.3 is 68.3 Å². The Kier molecular flexibility index (Phi) is 32.6. The van der Waals surface area contributed by atoms with E-state index < -0.39 is 58.5 Å². The van der Waals surface area contributed by atoms with Crippen LogP contribution < -0.4 is 58.7 Å². The summed E-state index contributed by atoms with van der Waals surface area (Å²) in [5, 5.41) is 0. The van der Waals surface area contributed by atoms with Crippen molar-refractivity contribution in [3.05, 3.63) is 0 Å². The Hall–Kier alpha value is 4.42. The fraction of sp³-hybridized carbons (Fsp3) is 1.00. The van der Waals surface area contributed by atoms with Crippen LogP contribution in [0.15, 0.2) is 0 Å². The van der Waals surface area contributed by atoms with E-state index in [1.165, 1.54) is 0 Å². The molecule has 31 heteroatoms. The van der Waals surface area contributed by atoms with Crippen LogP contribution in [0.25, 0.3) is 0 Å². The van der Waals surface area contributed by atoms with Gasteiger partial charge in [0.2, 0.25) is 0 Å². The van der Waals surface area contributed by atoms with Crippen molar-refractivity contribution in [1.29, 1.82) is 0 Å². The van der Waals surface area contributed by atoms with Gasteiger partial charge in [0.15, 0.2) is 0 Å². The number of alkyl halides is 3. The molecule has 0 aliphatic rings. The van der Waals surface area contributed by atoms with E-state index in [0.717, 1.165) is 0 Å². The van der Waals surface area contributed by atoms with Crippen LogP contribution in [0.1, 0.15) is 0 Å². The monoisotopic (exact) mass is 973 g/mol. The molecule has 0 aromatic rings. The number of halogens is 3. The zero-order valence-electron chi connectivity index (χ0n) is 14.3. The minimum atomic E-state index is -5.35. The van der Waals surface area contributed by atoms with Gasteiger partial charge in [0.1, 0.15) is 0 Å². The Morgan fingerprint density at radius 2 is 0.382 bits per heavy atom. The molecular weight excluding hydrogens is 973 g/mol. The van der Waals surface area contributed by atoms with Gasteiger partial charge in [0.05, 0.1) is 12.9 Å². The number of hydrogen-bond donors (Lipinski definition) is 0. The van der Waals surface area contributed by atoms with Gasteiger partial charge in [-0.3, -0.25) is 0 Å². The van der Waals surface area contributed by atoms with E-state index in [1.54, 1.807) is 0 Å². The minimum absolute atomic E-state index is 0. The maximum atomic E-state index is 9.83. The van der Waals surface area contributed by atoms with Crippen LogP contribution >= 0.6 is 93.4 Å². The van der Waals surface area contributed by atoms with Gasteiger partial charge in [-0.15, -0.1) is 0 Å². The van der Waals surface area contributed by atoms with Crippen molar-refractivity contribution in [3.63, 3.8) is 0 Å². The Balaban J connectivity index is -0.0000000607. The van der Waals surface area contributed by atoms with Crippen LogP contribution in [0.4, 0.5) is 0 Å². The fourth-order valence-electron chi connectivity index (χ4n) is 0.520. The Bertz CT molecular complexity index is 661. The summed E-state index contributed by atoms with van der Waals surface area (Å²) in [5.41, 5.74) is 0. The van der Waals surface area contributed by atoms with Gasteiger partial charge in [-0.25, -0.2) is 0 Å². The van der Waals surface area contributed by atoms with Crippen molar-refractivity contribution in [2.24, 2.45) is 0 Å². The molecule has 0 aliphatic carbocycles. The molecule has 0 bridgehead atoms. The molecule has 0 aromatic carbocycles. The average Bonchev–Trinajstić information content (AvgIpc) is 2.40. The van der Waals surface area contributed by atoms with Gasteiger partial charge in [0, 0.05) is 0 Å². The molecule has 0 saturated heterocycles. The molecule has 0 atom stereocenters. The van der Waals surface area contributed by atoms with E-state index in [1.807, 2.05) is 47.8 Å². The summed E-state index contributed by atoms with van der Waals surface area (Å²) in [7, 11) is -32.1. The molecule has 0 amide bonds. The third-order valence-corrected chi connectivity index (χ3v) is 18.8. The Morgan fingerprint density at radius 1 is 0.324 bits per heavy atom. The minimum Gasteiger partial charge on any atom is -0.810 e. The molecule has 0 fully saturated rings. The standard InChI is InChI=1S/3CH5BrO6P2.4Fe/c3*2-1(9(3,4)5)10(6,7)8;;;;/h3*1H,(H2,3,4,5)(H2,6,7,8);;;;/q;;;4*+3/p-12. The summed E-state index contributed by atoms with van der Waals surface area (Å²) < 4.78 is 51.4. The van der Waals surface area contributed by atoms with Crippen LogP contribution in [0.3, 0.4) is 0 Å². The third kappa shape index (κ3) is 28.0. The van der Waals surface area contributed by atoms with Gasteiger partial charge in [-0.1, -0.05) is 47.8 Å². The van der Waals surface area contributed by atoms with Gasteiger partial charge in [-0.05, 0) is 45.6 Å². The second-order valence-corrected chi connectivity index (χ2v) is 22.0. The van der Waals surface area contributed by atoms with Gasteiger partial charge in [0.25, 0.3) is 0 Å². The van der Waals surface area contributed by atoms with E-state index >= 15 is 0 Å². The first-order chi connectivity index (χ1) is 12.5. The van der Waals surface area contributed by atoms with Gasteiger partial charge in [-0.2, -0.15) is 0 Å². The van der Waals surface area contributed by atoms with Gasteiger partial charge < -0.3 is 86.1 Å². The summed E-state index contributed by atoms with van der Waals surface area (Å²) in [6, 6.07) is 0. The smallest absolute Gasteiger partial charge is 0.810 e. The van der Waals surface area contributed by atoms with Crippen LogP contribution in [-0.4, -0.2) is 12.9 Å². The van der Waals surface area contributed by atoms with E-state index in [-0.39, 0.29) is 68.3 Å². The molecule has 0 spiro atoms. The molecule has 206 valence electrons. The zero-order chi connectivity index (χ0) is 25.7. The molecule has 0 saturated carbocycles. The largest absolute Gasteiger partial charge is 3.00 e. The summed E-state index contributed by atoms with van der Waals surface area (Å²) in [4.78, 5) is 118. The van der Waals surface area contributed by atoms with Crippen molar-refractivity contribution in [2.45, 2.75) is 12.9 Å². The average molecular weight is 976 g/mol. The number of rotatable bonds is 6. The molecule has 34 heavy (non-hydrogen) atoms. The van der Waals surface area contributed by atoms with Crippen LogP contribution in [0.2, 0.25) is 0 Å². The van der Waals surface area contributed by atoms with E-state index in [9.17, 15) is 86.1 Å². The molecule has 4 radical (unpaired) electrons. The predicted molar refractivity (Wildman–Crippen MR) is 83.8 cm³/mol. The summed E-state index contributed by atoms with van der Waals surface area (Å²) >= 11 is 5.83. The topological polar surface area (TPSA) is 379 Å². The first-order valence-electron chi connectivity index (χ1n) is 5.49. The summed E-state index contributed by atoms with van der Waals surface area (Å²) in [6.45, 7) is 0. The maximum absolute atomic E-state index is 9.83. The first kappa shape index (κ1) is 54.5. The fourth-order valence-corrected chi connectivity index (χ4v) is 4.68. The van der Waals surface area contributed by atoms with Crippen molar-refractivity contribution < 1.29 is 154 Å². The van der Waals surface area contributed by atoms with Crippen LogP contribution in [0.5, 0.6) is 0 Å². The zero-order valence-corrected chi connectivity index (χ0v) is 28.9. The van der Waals surface area contributed by atoms with Crippen LogP contribution in [0, 0.1) is 0 Å². The predicted octanol–water partition coefficient (Wildman–Crippen LogP) is -7.53. The quantitative estimate of drug-likeness (QED) is 0.136. The summed E-state index contributed by atoms with van der Waals surface area (Å²) in [5.74, 6) is 0. The van der Waals surface area contributed by atoms with E-state index in [0.29, 0.717) is 0 Å². The van der Waals surface area contributed by atoms with Crippen molar-refractivity contribution >= 4 is 93.4 Å².